The van der Waals surface area contributed by atoms with Crippen molar-refractivity contribution in [2.45, 2.75) is 12.6 Å². The number of carbonyl (C=O) groups is 2. The summed E-state index contributed by atoms with van der Waals surface area (Å²) in [7, 11) is 0. The number of halogens is 1. The summed E-state index contributed by atoms with van der Waals surface area (Å²) in [4.78, 5) is 24.8. The van der Waals surface area contributed by atoms with Crippen LogP contribution in [0.3, 0.4) is 0 Å². The fourth-order valence-electron chi connectivity index (χ4n) is 3.35. The zero-order valence-corrected chi connectivity index (χ0v) is 17.3. The molecule has 2 heterocycles. The number of hydrogen-bond donors (Lipinski definition) is 5. The van der Waals surface area contributed by atoms with E-state index in [2.05, 4.69) is 26.8 Å². The Hall–Kier alpha value is -3.33. The second kappa shape index (κ2) is 9.65. The summed E-state index contributed by atoms with van der Waals surface area (Å²) >= 11 is 5.96. The molecule has 0 radical (unpaired) electrons. The maximum Gasteiger partial charge on any atom is 0.319 e. The number of carbonyl (C=O) groups excluding carboxylic acids is 2. The molecular weight excluding hydrogens is 418 g/mol. The third kappa shape index (κ3) is 5.43. The van der Waals surface area contributed by atoms with Crippen LogP contribution in [0.4, 0.5) is 16.2 Å². The normalized spacial score (nSPS) is 17.8. The van der Waals surface area contributed by atoms with Crippen LogP contribution in [0.1, 0.15) is 17.4 Å². The summed E-state index contributed by atoms with van der Waals surface area (Å²) in [6, 6.07) is 17.4. The van der Waals surface area contributed by atoms with Crippen molar-refractivity contribution in [2.75, 3.05) is 17.2 Å². The predicted molar refractivity (Wildman–Crippen MR) is 118 cm³/mol. The Kier molecular flexibility index (Phi) is 6.51. The molecule has 31 heavy (non-hydrogen) atoms. The molecule has 8 nitrogen and oxygen atoms in total. The number of furan rings is 1. The Balaban J connectivity index is 1.31. The third-order valence-electron chi connectivity index (χ3n) is 4.96. The van der Waals surface area contributed by atoms with Gasteiger partial charge in [0, 0.05) is 22.9 Å². The highest BCUT2D eigenvalue weighted by Gasteiger charge is 2.33. The standard InChI is InChI=1S/C22H22ClN5O3/c23-15-5-3-14(4-6-15)20-19(13-25-28-20)21(29)26-16-7-9-17(10-8-16)27-22(30)24-12-18-2-1-11-31-18/h1-11,19-20,25,28H,12-13H2,(H,26,29)(H2,24,27,30). The fraction of sp³-hybridized carbons (Fsp3) is 0.182. The summed E-state index contributed by atoms with van der Waals surface area (Å²) in [5.41, 5.74) is 8.43. The summed E-state index contributed by atoms with van der Waals surface area (Å²) in [5.74, 6) is 0.279. The van der Waals surface area contributed by atoms with Gasteiger partial charge in [-0.05, 0) is 54.1 Å². The van der Waals surface area contributed by atoms with Crippen LogP contribution < -0.4 is 26.8 Å². The monoisotopic (exact) mass is 439 g/mol. The number of rotatable bonds is 6. The lowest BCUT2D eigenvalue weighted by Crippen LogP contribution is -2.29. The van der Waals surface area contributed by atoms with Crippen LogP contribution in [0.2, 0.25) is 5.02 Å². The van der Waals surface area contributed by atoms with Crippen molar-refractivity contribution in [3.63, 3.8) is 0 Å². The number of amides is 3. The molecule has 0 saturated carbocycles. The topological polar surface area (TPSA) is 107 Å². The Morgan fingerprint density at radius 2 is 1.71 bits per heavy atom. The smallest absolute Gasteiger partial charge is 0.319 e. The average Bonchev–Trinajstić information content (AvgIpc) is 3.46. The van der Waals surface area contributed by atoms with Crippen molar-refractivity contribution in [1.29, 1.82) is 0 Å². The lowest BCUT2D eigenvalue weighted by molar-refractivity contribution is -0.119. The third-order valence-corrected chi connectivity index (χ3v) is 5.21. The molecule has 3 aromatic rings. The van der Waals surface area contributed by atoms with Gasteiger partial charge in [0.25, 0.3) is 0 Å². The summed E-state index contributed by atoms with van der Waals surface area (Å²) in [6.07, 6.45) is 1.55. The van der Waals surface area contributed by atoms with E-state index >= 15 is 0 Å². The average molecular weight is 440 g/mol. The van der Waals surface area contributed by atoms with Crippen molar-refractivity contribution in [1.82, 2.24) is 16.2 Å². The van der Waals surface area contributed by atoms with Crippen LogP contribution in [0.25, 0.3) is 0 Å². The second-order valence-electron chi connectivity index (χ2n) is 7.11. The van der Waals surface area contributed by atoms with Crippen LogP contribution in [-0.2, 0) is 11.3 Å². The zero-order chi connectivity index (χ0) is 21.6. The molecule has 5 N–H and O–H groups in total. The Bertz CT molecular complexity index is 1020. The van der Waals surface area contributed by atoms with E-state index in [-0.39, 0.29) is 23.9 Å². The van der Waals surface area contributed by atoms with E-state index in [0.29, 0.717) is 35.2 Å². The van der Waals surface area contributed by atoms with Gasteiger partial charge in [-0.25, -0.2) is 10.2 Å². The molecule has 4 rings (SSSR count). The van der Waals surface area contributed by atoms with Gasteiger partial charge in [-0.1, -0.05) is 23.7 Å². The second-order valence-corrected chi connectivity index (χ2v) is 7.55. The van der Waals surface area contributed by atoms with E-state index in [9.17, 15) is 9.59 Å². The van der Waals surface area contributed by atoms with Crippen LogP contribution in [0.15, 0.2) is 71.3 Å². The Morgan fingerprint density at radius 1 is 1.00 bits per heavy atom. The number of anilines is 2. The van der Waals surface area contributed by atoms with Gasteiger partial charge in [-0.2, -0.15) is 0 Å². The maximum atomic E-state index is 12.8. The molecule has 0 aliphatic carbocycles. The quantitative estimate of drug-likeness (QED) is 0.403. The number of urea groups is 1. The molecule has 0 spiro atoms. The first-order chi connectivity index (χ1) is 15.1. The van der Waals surface area contributed by atoms with Gasteiger partial charge in [-0.15, -0.1) is 0 Å². The van der Waals surface area contributed by atoms with E-state index in [1.165, 1.54) is 0 Å². The molecule has 9 heteroatoms. The molecule has 1 aliphatic heterocycles. The van der Waals surface area contributed by atoms with Crippen LogP contribution >= 0.6 is 11.6 Å². The Labute approximate surface area is 184 Å². The van der Waals surface area contributed by atoms with Gasteiger partial charge in [0.2, 0.25) is 5.91 Å². The van der Waals surface area contributed by atoms with E-state index in [1.807, 2.05) is 24.3 Å². The lowest BCUT2D eigenvalue weighted by atomic mass is 9.94. The minimum atomic E-state index is -0.345. The minimum absolute atomic E-state index is 0.102. The van der Waals surface area contributed by atoms with Gasteiger partial charge in [0.05, 0.1) is 24.8 Å². The highest BCUT2D eigenvalue weighted by Crippen LogP contribution is 2.27. The van der Waals surface area contributed by atoms with Gasteiger partial charge < -0.3 is 20.4 Å². The van der Waals surface area contributed by atoms with Gasteiger partial charge >= 0.3 is 6.03 Å². The van der Waals surface area contributed by atoms with E-state index < -0.39 is 0 Å². The van der Waals surface area contributed by atoms with Gasteiger partial charge in [0.1, 0.15) is 5.76 Å². The zero-order valence-electron chi connectivity index (χ0n) is 16.5. The van der Waals surface area contributed by atoms with Crippen molar-refractivity contribution in [2.24, 2.45) is 5.92 Å². The molecule has 1 saturated heterocycles. The highest BCUT2D eigenvalue weighted by molar-refractivity contribution is 6.30. The lowest BCUT2D eigenvalue weighted by Gasteiger charge is -2.18. The number of hydrogen-bond acceptors (Lipinski definition) is 5. The largest absolute Gasteiger partial charge is 0.467 e. The molecular formula is C22H22ClN5O3. The predicted octanol–water partition coefficient (Wildman–Crippen LogP) is 3.66. The van der Waals surface area contributed by atoms with E-state index in [1.54, 1.807) is 42.7 Å². The molecule has 0 bridgehead atoms. The molecule has 1 fully saturated rings. The first-order valence-electron chi connectivity index (χ1n) is 9.80. The fourth-order valence-corrected chi connectivity index (χ4v) is 3.48. The molecule has 2 unspecified atom stereocenters. The molecule has 1 aliphatic rings. The summed E-state index contributed by atoms with van der Waals surface area (Å²) in [6.45, 7) is 0.805. The minimum Gasteiger partial charge on any atom is -0.467 e. The van der Waals surface area contributed by atoms with Crippen LogP contribution in [-0.4, -0.2) is 18.5 Å². The van der Waals surface area contributed by atoms with Crippen molar-refractivity contribution < 1.29 is 14.0 Å². The SMILES string of the molecule is O=C(NCc1ccco1)Nc1ccc(NC(=O)C2CNNC2c2ccc(Cl)cc2)cc1. The summed E-state index contributed by atoms with van der Waals surface area (Å²) in [5, 5.41) is 9.03. The van der Waals surface area contributed by atoms with Crippen LogP contribution in [0.5, 0.6) is 0 Å². The Morgan fingerprint density at radius 3 is 2.39 bits per heavy atom. The number of nitrogens with one attached hydrogen (secondary N) is 5. The van der Waals surface area contributed by atoms with E-state index in [0.717, 1.165) is 5.56 Å². The first-order valence-corrected chi connectivity index (χ1v) is 10.2. The summed E-state index contributed by atoms with van der Waals surface area (Å²) < 4.78 is 5.17. The van der Waals surface area contributed by atoms with Crippen molar-refractivity contribution in [3.05, 3.63) is 83.3 Å². The van der Waals surface area contributed by atoms with Crippen molar-refractivity contribution in [3.8, 4) is 0 Å². The molecule has 3 amide bonds. The van der Waals surface area contributed by atoms with Gasteiger partial charge in [-0.3, -0.25) is 10.2 Å². The molecule has 2 aromatic carbocycles. The number of benzene rings is 2. The highest BCUT2D eigenvalue weighted by atomic mass is 35.5. The first kappa shape index (κ1) is 20.9. The number of hydrazine groups is 1. The van der Waals surface area contributed by atoms with Crippen LogP contribution in [0, 0.1) is 5.92 Å². The van der Waals surface area contributed by atoms with E-state index in [4.69, 9.17) is 16.0 Å². The van der Waals surface area contributed by atoms with Crippen molar-refractivity contribution >= 4 is 34.9 Å². The molecule has 2 atom stereocenters. The van der Waals surface area contributed by atoms with Gasteiger partial charge in [0.15, 0.2) is 0 Å². The maximum absolute atomic E-state index is 12.8. The molecule has 1 aromatic heterocycles. The molecule has 160 valence electrons.